The topological polar surface area (TPSA) is 71.2 Å². The van der Waals surface area contributed by atoms with Gasteiger partial charge < -0.3 is 10.0 Å². The molecule has 0 atom stereocenters. The Bertz CT molecular complexity index is 658. The highest BCUT2D eigenvalue weighted by molar-refractivity contribution is 6.00. The van der Waals surface area contributed by atoms with Crippen LogP contribution in [-0.2, 0) is 6.54 Å². The molecule has 6 nitrogen and oxygen atoms in total. The molecule has 0 saturated heterocycles. The first-order valence-corrected chi connectivity index (χ1v) is 6.76. The number of carboxylic acids is 1. The first kappa shape index (κ1) is 13.1. The summed E-state index contributed by atoms with van der Waals surface area (Å²) < 4.78 is 1.83. The molecule has 0 amide bonds. The number of carboxylic acid groups (broad SMARTS) is 1. The van der Waals surface area contributed by atoms with Crippen molar-refractivity contribution in [2.24, 2.45) is 0 Å². The second kappa shape index (κ2) is 4.56. The third-order valence-corrected chi connectivity index (χ3v) is 4.45. The summed E-state index contributed by atoms with van der Waals surface area (Å²) >= 11 is 0. The van der Waals surface area contributed by atoms with Crippen LogP contribution in [0.4, 0.5) is 0 Å². The summed E-state index contributed by atoms with van der Waals surface area (Å²) in [6.45, 7) is 0.750. The summed E-state index contributed by atoms with van der Waals surface area (Å²) in [5, 5.41) is 17.4. The zero-order valence-electron chi connectivity index (χ0n) is 11.7. The number of carbonyl (C=O) groups is 1. The van der Waals surface area contributed by atoms with Crippen LogP contribution in [0.3, 0.4) is 0 Å². The van der Waals surface area contributed by atoms with Gasteiger partial charge in [-0.3, -0.25) is 0 Å². The van der Waals surface area contributed by atoms with Crippen molar-refractivity contribution in [1.29, 1.82) is 0 Å². The second-order valence-electron chi connectivity index (χ2n) is 5.70. The lowest BCUT2D eigenvalue weighted by Crippen LogP contribution is -2.53. The lowest BCUT2D eigenvalue weighted by Gasteiger charge is -2.47. The van der Waals surface area contributed by atoms with E-state index in [9.17, 15) is 9.90 Å². The summed E-state index contributed by atoms with van der Waals surface area (Å²) in [6.07, 6.45) is 3.51. The van der Waals surface area contributed by atoms with Crippen molar-refractivity contribution in [3.05, 3.63) is 23.8 Å². The lowest BCUT2D eigenvalue weighted by molar-refractivity contribution is 0.0396. The molecule has 1 N–H and O–H groups in total. The summed E-state index contributed by atoms with van der Waals surface area (Å²) in [6, 6.07) is 5.19. The molecule has 3 rings (SSSR count). The minimum Gasteiger partial charge on any atom is -0.478 e. The molecule has 20 heavy (non-hydrogen) atoms. The highest BCUT2D eigenvalue weighted by Gasteiger charge is 2.40. The van der Waals surface area contributed by atoms with Crippen LogP contribution in [0.15, 0.2) is 18.2 Å². The Morgan fingerprint density at radius 1 is 1.45 bits per heavy atom. The highest BCUT2D eigenvalue weighted by atomic mass is 16.4. The molecule has 1 aromatic heterocycles. The third-order valence-electron chi connectivity index (χ3n) is 4.45. The molecule has 2 aromatic rings. The zero-order valence-corrected chi connectivity index (χ0v) is 11.7. The van der Waals surface area contributed by atoms with Crippen molar-refractivity contribution >= 4 is 17.0 Å². The van der Waals surface area contributed by atoms with E-state index in [4.69, 9.17) is 0 Å². The molecule has 6 heteroatoms. The normalized spacial score (nSPS) is 17.4. The lowest BCUT2D eigenvalue weighted by atomic mass is 9.75. The largest absolute Gasteiger partial charge is 0.478 e. The van der Waals surface area contributed by atoms with Gasteiger partial charge in [-0.05, 0) is 45.5 Å². The Kier molecular flexibility index (Phi) is 2.97. The Balaban J connectivity index is 2.01. The van der Waals surface area contributed by atoms with Gasteiger partial charge in [-0.2, -0.15) is 0 Å². The van der Waals surface area contributed by atoms with Gasteiger partial charge in [0.15, 0.2) is 0 Å². The van der Waals surface area contributed by atoms with Crippen LogP contribution in [0.5, 0.6) is 0 Å². The van der Waals surface area contributed by atoms with Gasteiger partial charge in [-0.25, -0.2) is 9.48 Å². The van der Waals surface area contributed by atoms with Crippen molar-refractivity contribution in [1.82, 2.24) is 19.9 Å². The standard InChI is InChI=1S/C14H18N4O2/c1-17(2)14(7-4-8-14)9-18-11-6-3-5-10(13(19)20)12(11)15-16-18/h3,5-6H,4,7-9H2,1-2H3,(H,19,20). The van der Waals surface area contributed by atoms with Gasteiger partial charge in [-0.1, -0.05) is 11.3 Å². The van der Waals surface area contributed by atoms with Crippen LogP contribution >= 0.6 is 0 Å². The summed E-state index contributed by atoms with van der Waals surface area (Å²) in [5.41, 5.74) is 1.59. The average molecular weight is 274 g/mol. The highest BCUT2D eigenvalue weighted by Crippen LogP contribution is 2.38. The SMILES string of the molecule is CN(C)C1(Cn2nnc3c(C(=O)O)cccc32)CCC1. The number of aromatic nitrogens is 3. The number of nitrogens with zero attached hydrogens (tertiary/aromatic N) is 4. The fraction of sp³-hybridized carbons (Fsp3) is 0.500. The maximum absolute atomic E-state index is 11.2. The van der Waals surface area contributed by atoms with Gasteiger partial charge in [0.05, 0.1) is 17.6 Å². The number of likely N-dealkylation sites (N-methyl/N-ethyl adjacent to an activating group) is 1. The predicted octanol–water partition coefficient (Wildman–Crippen LogP) is 1.61. The van der Waals surface area contributed by atoms with Crippen LogP contribution in [0.2, 0.25) is 0 Å². The van der Waals surface area contributed by atoms with E-state index in [2.05, 4.69) is 29.3 Å². The molecule has 1 heterocycles. The molecule has 1 saturated carbocycles. The van der Waals surface area contributed by atoms with Crippen LogP contribution in [0.1, 0.15) is 29.6 Å². The fourth-order valence-electron chi connectivity index (χ4n) is 2.89. The van der Waals surface area contributed by atoms with E-state index >= 15 is 0 Å². The van der Waals surface area contributed by atoms with Gasteiger partial charge in [0.25, 0.3) is 0 Å². The molecule has 0 aliphatic heterocycles. The Hall–Kier alpha value is -1.95. The van der Waals surface area contributed by atoms with Crippen molar-refractivity contribution in [2.75, 3.05) is 14.1 Å². The Morgan fingerprint density at radius 3 is 2.75 bits per heavy atom. The molecule has 106 valence electrons. The number of aromatic carboxylic acids is 1. The first-order chi connectivity index (χ1) is 9.53. The van der Waals surface area contributed by atoms with E-state index in [1.54, 1.807) is 12.1 Å². The second-order valence-corrected chi connectivity index (χ2v) is 5.70. The minimum absolute atomic E-state index is 0.125. The van der Waals surface area contributed by atoms with E-state index in [1.807, 2.05) is 10.7 Å². The van der Waals surface area contributed by atoms with E-state index in [0.717, 1.165) is 24.9 Å². The van der Waals surface area contributed by atoms with Crippen molar-refractivity contribution in [3.8, 4) is 0 Å². The van der Waals surface area contributed by atoms with Gasteiger partial charge in [0, 0.05) is 5.54 Å². The van der Waals surface area contributed by atoms with E-state index in [-0.39, 0.29) is 11.1 Å². The smallest absolute Gasteiger partial charge is 0.338 e. The van der Waals surface area contributed by atoms with Crippen molar-refractivity contribution in [2.45, 2.75) is 31.3 Å². The minimum atomic E-state index is -0.964. The molecular formula is C14H18N4O2. The van der Waals surface area contributed by atoms with Crippen molar-refractivity contribution < 1.29 is 9.90 Å². The van der Waals surface area contributed by atoms with E-state index < -0.39 is 5.97 Å². The first-order valence-electron chi connectivity index (χ1n) is 6.76. The fourth-order valence-corrected chi connectivity index (χ4v) is 2.89. The van der Waals surface area contributed by atoms with E-state index in [0.29, 0.717) is 5.52 Å². The van der Waals surface area contributed by atoms with Crippen molar-refractivity contribution in [3.63, 3.8) is 0 Å². The predicted molar refractivity (Wildman–Crippen MR) is 74.8 cm³/mol. The number of benzene rings is 1. The van der Waals surface area contributed by atoms with Gasteiger partial charge in [0.1, 0.15) is 5.52 Å². The van der Waals surface area contributed by atoms with E-state index in [1.165, 1.54) is 6.42 Å². The molecule has 1 fully saturated rings. The summed E-state index contributed by atoms with van der Waals surface area (Å²) in [5.74, 6) is -0.964. The van der Waals surface area contributed by atoms with Gasteiger partial charge in [-0.15, -0.1) is 5.10 Å². The molecule has 1 aromatic carbocycles. The van der Waals surface area contributed by atoms with Gasteiger partial charge in [0.2, 0.25) is 0 Å². The maximum Gasteiger partial charge on any atom is 0.338 e. The number of rotatable bonds is 4. The Labute approximate surface area is 117 Å². The third kappa shape index (κ3) is 1.87. The molecule has 0 unspecified atom stereocenters. The Morgan fingerprint density at radius 2 is 2.20 bits per heavy atom. The molecular weight excluding hydrogens is 256 g/mol. The monoisotopic (exact) mass is 274 g/mol. The number of fused-ring (bicyclic) bond motifs is 1. The molecule has 0 radical (unpaired) electrons. The molecule has 1 aliphatic rings. The molecule has 0 spiro atoms. The van der Waals surface area contributed by atoms with Gasteiger partial charge >= 0.3 is 5.97 Å². The summed E-state index contributed by atoms with van der Waals surface area (Å²) in [4.78, 5) is 13.4. The number of hydrogen-bond donors (Lipinski definition) is 1. The van der Waals surface area contributed by atoms with Crippen LogP contribution in [0.25, 0.3) is 11.0 Å². The van der Waals surface area contributed by atoms with Crippen LogP contribution in [-0.4, -0.2) is 50.6 Å². The zero-order chi connectivity index (χ0) is 14.3. The summed E-state index contributed by atoms with van der Waals surface area (Å²) in [7, 11) is 4.17. The average Bonchev–Trinajstić information content (AvgIpc) is 2.75. The molecule has 0 bridgehead atoms. The number of hydrogen-bond acceptors (Lipinski definition) is 4. The quantitative estimate of drug-likeness (QED) is 0.917. The van der Waals surface area contributed by atoms with Crippen LogP contribution in [0, 0.1) is 0 Å². The molecule has 1 aliphatic carbocycles. The van der Waals surface area contributed by atoms with Crippen LogP contribution < -0.4 is 0 Å². The maximum atomic E-state index is 11.2.